The van der Waals surface area contributed by atoms with Gasteiger partial charge >= 0.3 is 0 Å². The molecule has 0 saturated heterocycles. The van der Waals surface area contributed by atoms with Crippen LogP contribution in [0.25, 0.3) is 0 Å². The summed E-state index contributed by atoms with van der Waals surface area (Å²) in [6, 6.07) is 9.76. The van der Waals surface area contributed by atoms with E-state index in [9.17, 15) is 8.78 Å². The molecule has 0 unspecified atom stereocenters. The highest BCUT2D eigenvalue weighted by atomic mass is 28.3. The van der Waals surface area contributed by atoms with Gasteiger partial charge in [0.1, 0.15) is 8.07 Å². The standard InChI is InChI=1S/C15H22F2Si/c1-4-5-7-12-14(15(16)17)18(2,3)13-10-8-6-9-11-13/h6,8-11H,4-5,7,12H2,1-3H3. The van der Waals surface area contributed by atoms with Crippen molar-refractivity contribution in [2.75, 3.05) is 0 Å². The second-order valence-electron chi connectivity index (χ2n) is 5.19. The topological polar surface area (TPSA) is 0 Å². The third-order valence-corrected chi connectivity index (χ3v) is 7.23. The summed E-state index contributed by atoms with van der Waals surface area (Å²) in [5.41, 5.74) is 0. The van der Waals surface area contributed by atoms with E-state index in [1.807, 2.05) is 43.4 Å². The molecule has 1 aromatic rings. The fourth-order valence-electron chi connectivity index (χ4n) is 2.22. The Hall–Kier alpha value is -0.963. The Bertz CT molecular complexity index is 392. The van der Waals surface area contributed by atoms with Crippen molar-refractivity contribution in [2.45, 2.75) is 45.7 Å². The van der Waals surface area contributed by atoms with Gasteiger partial charge in [-0.1, -0.05) is 68.4 Å². The van der Waals surface area contributed by atoms with Crippen molar-refractivity contribution in [1.29, 1.82) is 0 Å². The minimum absolute atomic E-state index is 0.419. The van der Waals surface area contributed by atoms with E-state index >= 15 is 0 Å². The van der Waals surface area contributed by atoms with Crippen LogP contribution in [0.1, 0.15) is 32.6 Å². The van der Waals surface area contributed by atoms with Gasteiger partial charge in [0.2, 0.25) is 0 Å². The maximum atomic E-state index is 13.2. The third-order valence-electron chi connectivity index (χ3n) is 3.51. The zero-order valence-electron chi connectivity index (χ0n) is 11.5. The average Bonchev–Trinajstić information content (AvgIpc) is 2.35. The number of unbranched alkanes of at least 4 members (excludes halogenated alkanes) is 2. The molecule has 0 amide bonds. The molecule has 0 fully saturated rings. The molecule has 100 valence electrons. The molecule has 0 nitrogen and oxygen atoms in total. The van der Waals surface area contributed by atoms with E-state index in [2.05, 4.69) is 6.92 Å². The van der Waals surface area contributed by atoms with Crippen molar-refractivity contribution < 1.29 is 8.78 Å². The van der Waals surface area contributed by atoms with Crippen LogP contribution in [0.4, 0.5) is 8.78 Å². The summed E-state index contributed by atoms with van der Waals surface area (Å²) in [7, 11) is -2.19. The molecular formula is C15H22F2Si. The van der Waals surface area contributed by atoms with Crippen LogP contribution in [0.15, 0.2) is 41.6 Å². The highest BCUT2D eigenvalue weighted by Crippen LogP contribution is 2.26. The van der Waals surface area contributed by atoms with Crippen LogP contribution in [-0.4, -0.2) is 8.07 Å². The molecule has 1 aromatic carbocycles. The SMILES string of the molecule is CCCCCC(=C(F)F)[Si](C)(C)c1ccccc1. The van der Waals surface area contributed by atoms with E-state index in [4.69, 9.17) is 0 Å². The molecule has 0 aliphatic carbocycles. The number of rotatable bonds is 6. The number of hydrogen-bond acceptors (Lipinski definition) is 0. The molecule has 0 saturated carbocycles. The monoisotopic (exact) mass is 268 g/mol. The molecule has 0 spiro atoms. The van der Waals surface area contributed by atoms with Crippen molar-refractivity contribution in [2.24, 2.45) is 0 Å². The molecule has 0 aliphatic heterocycles. The number of allylic oxidation sites excluding steroid dienone is 1. The quantitative estimate of drug-likeness (QED) is 0.510. The van der Waals surface area contributed by atoms with E-state index in [0.29, 0.717) is 11.6 Å². The minimum atomic E-state index is -2.19. The van der Waals surface area contributed by atoms with Crippen LogP contribution in [-0.2, 0) is 0 Å². The first kappa shape index (κ1) is 15.1. The van der Waals surface area contributed by atoms with Gasteiger partial charge in [-0.2, -0.15) is 8.78 Å². The molecular weight excluding hydrogens is 246 g/mol. The van der Waals surface area contributed by atoms with Crippen LogP contribution < -0.4 is 5.19 Å². The number of halogens is 2. The summed E-state index contributed by atoms with van der Waals surface area (Å²) in [6.07, 6.45) is 2.05. The van der Waals surface area contributed by atoms with Gasteiger partial charge in [-0.05, 0) is 18.0 Å². The van der Waals surface area contributed by atoms with E-state index in [1.165, 1.54) is 0 Å². The highest BCUT2D eigenvalue weighted by molar-refractivity contribution is 6.95. The van der Waals surface area contributed by atoms with Crippen molar-refractivity contribution in [3.63, 3.8) is 0 Å². The molecule has 0 bridgehead atoms. The first-order valence-electron chi connectivity index (χ1n) is 6.60. The van der Waals surface area contributed by atoms with Gasteiger partial charge in [-0.3, -0.25) is 0 Å². The van der Waals surface area contributed by atoms with Gasteiger partial charge in [0.25, 0.3) is 6.08 Å². The van der Waals surface area contributed by atoms with Crippen molar-refractivity contribution in [3.8, 4) is 0 Å². The average molecular weight is 268 g/mol. The van der Waals surface area contributed by atoms with Crippen LogP contribution in [0.3, 0.4) is 0 Å². The molecule has 0 radical (unpaired) electrons. The summed E-state index contributed by atoms with van der Waals surface area (Å²) < 4.78 is 26.4. The van der Waals surface area contributed by atoms with Crippen LogP contribution in [0, 0.1) is 0 Å². The molecule has 0 N–H and O–H groups in total. The largest absolute Gasteiger partial charge is 0.266 e. The lowest BCUT2D eigenvalue weighted by atomic mass is 10.2. The number of benzene rings is 1. The smallest absolute Gasteiger partial charge is 0.174 e. The molecule has 18 heavy (non-hydrogen) atoms. The molecule has 1 rings (SSSR count). The van der Waals surface area contributed by atoms with Gasteiger partial charge < -0.3 is 0 Å². The first-order valence-corrected chi connectivity index (χ1v) is 9.60. The zero-order valence-corrected chi connectivity index (χ0v) is 12.5. The Balaban J connectivity index is 2.95. The normalized spacial score (nSPS) is 11.4. The summed E-state index contributed by atoms with van der Waals surface area (Å²) in [5, 5.41) is 1.51. The lowest BCUT2D eigenvalue weighted by molar-refractivity contribution is 0.412. The maximum absolute atomic E-state index is 13.2. The molecule has 0 atom stereocenters. The van der Waals surface area contributed by atoms with E-state index in [1.54, 1.807) is 0 Å². The van der Waals surface area contributed by atoms with Crippen molar-refractivity contribution in [1.82, 2.24) is 0 Å². The Labute approximate surface area is 110 Å². The minimum Gasteiger partial charge on any atom is -0.174 e. The summed E-state index contributed by atoms with van der Waals surface area (Å²) in [6.45, 7) is 6.13. The lowest BCUT2D eigenvalue weighted by Gasteiger charge is -2.26. The summed E-state index contributed by atoms with van der Waals surface area (Å²) in [4.78, 5) is 0. The van der Waals surface area contributed by atoms with Gasteiger partial charge in [0.15, 0.2) is 0 Å². The molecule has 3 heteroatoms. The van der Waals surface area contributed by atoms with Gasteiger partial charge in [-0.15, -0.1) is 0 Å². The predicted molar refractivity (Wildman–Crippen MR) is 76.9 cm³/mol. The lowest BCUT2D eigenvalue weighted by Crippen LogP contribution is -2.44. The van der Waals surface area contributed by atoms with E-state index < -0.39 is 14.2 Å². The fraction of sp³-hybridized carbons (Fsp3) is 0.467. The third kappa shape index (κ3) is 3.77. The van der Waals surface area contributed by atoms with Gasteiger partial charge in [0, 0.05) is 0 Å². The van der Waals surface area contributed by atoms with Crippen LogP contribution in [0.5, 0.6) is 0 Å². The molecule has 0 aromatic heterocycles. The van der Waals surface area contributed by atoms with Crippen molar-refractivity contribution in [3.05, 3.63) is 41.6 Å². The zero-order chi connectivity index (χ0) is 13.6. The van der Waals surface area contributed by atoms with E-state index in [-0.39, 0.29) is 0 Å². The Morgan fingerprint density at radius 2 is 1.67 bits per heavy atom. The van der Waals surface area contributed by atoms with Crippen LogP contribution in [0.2, 0.25) is 13.1 Å². The predicted octanol–water partition coefficient (Wildman–Crippen LogP) is 4.87. The maximum Gasteiger partial charge on any atom is 0.266 e. The van der Waals surface area contributed by atoms with Gasteiger partial charge in [-0.25, -0.2) is 0 Å². The Kier molecular flexibility index (Phi) is 5.73. The second kappa shape index (κ2) is 6.83. The summed E-state index contributed by atoms with van der Waals surface area (Å²) >= 11 is 0. The van der Waals surface area contributed by atoms with Crippen molar-refractivity contribution >= 4 is 13.3 Å². The molecule has 0 heterocycles. The highest BCUT2D eigenvalue weighted by Gasteiger charge is 2.31. The molecule has 0 aliphatic rings. The second-order valence-corrected chi connectivity index (χ2v) is 9.62. The van der Waals surface area contributed by atoms with Crippen LogP contribution >= 0.6 is 0 Å². The number of hydrogen-bond donors (Lipinski definition) is 0. The Morgan fingerprint density at radius 1 is 1.06 bits per heavy atom. The Morgan fingerprint density at radius 3 is 2.17 bits per heavy atom. The fourth-order valence-corrected chi connectivity index (χ4v) is 4.87. The van der Waals surface area contributed by atoms with E-state index in [0.717, 1.165) is 24.4 Å². The summed E-state index contributed by atoms with van der Waals surface area (Å²) in [5.74, 6) is 0. The van der Waals surface area contributed by atoms with Gasteiger partial charge in [0.05, 0.1) is 0 Å². The first-order chi connectivity index (χ1) is 8.50.